The fourth-order valence-electron chi connectivity index (χ4n) is 2.29. The van der Waals surface area contributed by atoms with Crippen LogP contribution in [0.3, 0.4) is 0 Å². The minimum absolute atomic E-state index is 0.151. The van der Waals surface area contributed by atoms with Gasteiger partial charge in [-0.2, -0.15) is 0 Å². The summed E-state index contributed by atoms with van der Waals surface area (Å²) in [4.78, 5) is 12.5. The Balaban J connectivity index is 2.14. The highest BCUT2D eigenvalue weighted by atomic mass is 35.5. The molecule has 0 spiro atoms. The Labute approximate surface area is 164 Å². The summed E-state index contributed by atoms with van der Waals surface area (Å²) in [6, 6.07) is 10.5. The molecule has 0 unspecified atom stereocenters. The summed E-state index contributed by atoms with van der Waals surface area (Å²) in [6.45, 7) is 2.46. The Hall–Kier alpha value is -1.60. The molecule has 0 aliphatic rings. The number of rotatable bonds is 7. The zero-order valence-electron chi connectivity index (χ0n) is 14.5. The Morgan fingerprint density at radius 1 is 1.08 bits per heavy atom. The van der Waals surface area contributed by atoms with E-state index in [1.807, 2.05) is 6.92 Å². The second-order valence-corrected chi connectivity index (χ2v) is 8.73. The number of benzene rings is 2. The molecule has 2 aromatic carbocycles. The maximum absolute atomic E-state index is 12.5. The van der Waals surface area contributed by atoms with Gasteiger partial charge in [0.25, 0.3) is 5.91 Å². The van der Waals surface area contributed by atoms with Crippen molar-refractivity contribution in [3.05, 3.63) is 58.1 Å². The first kappa shape index (κ1) is 20.7. The molecule has 0 aliphatic heterocycles. The largest absolute Gasteiger partial charge is 0.322 e. The van der Waals surface area contributed by atoms with Gasteiger partial charge in [0, 0.05) is 34.9 Å². The van der Waals surface area contributed by atoms with Crippen LogP contribution in [0.15, 0.2) is 47.4 Å². The molecule has 2 aromatic rings. The van der Waals surface area contributed by atoms with Gasteiger partial charge in [0.05, 0.1) is 4.90 Å². The van der Waals surface area contributed by atoms with Gasteiger partial charge in [-0.05, 0) is 48.9 Å². The zero-order chi connectivity index (χ0) is 19.3. The van der Waals surface area contributed by atoms with Crippen LogP contribution < -0.4 is 5.32 Å². The van der Waals surface area contributed by atoms with E-state index in [1.165, 1.54) is 28.6 Å². The van der Waals surface area contributed by atoms with Crippen LogP contribution in [0.2, 0.25) is 10.0 Å². The summed E-state index contributed by atoms with van der Waals surface area (Å²) in [6.07, 6.45) is 1.70. The van der Waals surface area contributed by atoms with Gasteiger partial charge in [0.2, 0.25) is 10.0 Å². The number of sulfonamides is 1. The summed E-state index contributed by atoms with van der Waals surface area (Å²) in [7, 11) is -2.01. The summed E-state index contributed by atoms with van der Waals surface area (Å²) >= 11 is 11.8. The molecule has 8 heteroatoms. The highest BCUT2D eigenvalue weighted by Gasteiger charge is 2.20. The molecule has 0 radical (unpaired) electrons. The van der Waals surface area contributed by atoms with Crippen LogP contribution in [0.25, 0.3) is 0 Å². The lowest BCUT2D eigenvalue weighted by Gasteiger charge is -2.17. The van der Waals surface area contributed by atoms with E-state index in [-0.39, 0.29) is 10.8 Å². The Morgan fingerprint density at radius 2 is 1.65 bits per heavy atom. The Bertz CT molecular complexity index is 864. The van der Waals surface area contributed by atoms with E-state index in [2.05, 4.69) is 5.32 Å². The number of unbranched alkanes of at least 4 members (excludes halogenated alkanes) is 1. The third kappa shape index (κ3) is 5.20. The van der Waals surface area contributed by atoms with Crippen molar-refractivity contribution in [1.82, 2.24) is 4.31 Å². The number of halogens is 2. The number of hydrogen-bond donors (Lipinski definition) is 1. The Kier molecular flexibility index (Phi) is 7.06. The molecular formula is C18H20Cl2N2O3S. The third-order valence-electron chi connectivity index (χ3n) is 3.77. The molecule has 5 nitrogen and oxygen atoms in total. The minimum atomic E-state index is -3.56. The van der Waals surface area contributed by atoms with E-state index < -0.39 is 10.0 Å². The van der Waals surface area contributed by atoms with Crippen LogP contribution in [0.5, 0.6) is 0 Å². The predicted molar refractivity (Wildman–Crippen MR) is 106 cm³/mol. The standard InChI is InChI=1S/C18H20Cl2N2O3S/c1-3-4-9-22(2)26(24,25)17-7-5-13(6-8-17)18(23)21-16-11-14(19)10-15(20)12-16/h5-8,10-12H,3-4,9H2,1-2H3,(H,21,23). The SMILES string of the molecule is CCCCN(C)S(=O)(=O)c1ccc(C(=O)Nc2cc(Cl)cc(Cl)c2)cc1. The highest BCUT2D eigenvalue weighted by Crippen LogP contribution is 2.23. The summed E-state index contributed by atoms with van der Waals surface area (Å²) in [5.74, 6) is -0.383. The van der Waals surface area contributed by atoms with Crippen molar-refractivity contribution < 1.29 is 13.2 Å². The molecule has 0 atom stereocenters. The van der Waals surface area contributed by atoms with E-state index in [1.54, 1.807) is 25.2 Å². The fraction of sp³-hybridized carbons (Fsp3) is 0.278. The monoisotopic (exact) mass is 414 g/mol. The number of anilines is 1. The first-order chi connectivity index (χ1) is 12.2. The second kappa shape index (κ2) is 8.86. The number of carbonyl (C=O) groups excluding carboxylic acids is 1. The average Bonchev–Trinajstić information content (AvgIpc) is 2.58. The molecule has 26 heavy (non-hydrogen) atoms. The van der Waals surface area contributed by atoms with Crippen LogP contribution >= 0.6 is 23.2 Å². The van der Waals surface area contributed by atoms with E-state index >= 15 is 0 Å². The quantitative estimate of drug-likeness (QED) is 0.715. The van der Waals surface area contributed by atoms with E-state index in [0.29, 0.717) is 27.8 Å². The number of carbonyl (C=O) groups is 1. The molecule has 0 aromatic heterocycles. The Morgan fingerprint density at radius 3 is 2.19 bits per heavy atom. The zero-order valence-corrected chi connectivity index (χ0v) is 16.8. The average molecular weight is 415 g/mol. The second-order valence-electron chi connectivity index (χ2n) is 5.82. The molecular weight excluding hydrogens is 395 g/mol. The van der Waals surface area contributed by atoms with Crippen LogP contribution in [-0.2, 0) is 10.0 Å². The molecule has 1 N–H and O–H groups in total. The van der Waals surface area contributed by atoms with Gasteiger partial charge >= 0.3 is 0 Å². The summed E-state index contributed by atoms with van der Waals surface area (Å²) in [5, 5.41) is 3.49. The van der Waals surface area contributed by atoms with Crippen molar-refractivity contribution >= 4 is 44.8 Å². The van der Waals surface area contributed by atoms with Crippen molar-refractivity contribution in [3.63, 3.8) is 0 Å². The van der Waals surface area contributed by atoms with Gasteiger partial charge in [-0.25, -0.2) is 12.7 Å². The van der Waals surface area contributed by atoms with E-state index in [0.717, 1.165) is 12.8 Å². The van der Waals surface area contributed by atoms with Gasteiger partial charge in [-0.15, -0.1) is 0 Å². The molecule has 0 aliphatic carbocycles. The number of amides is 1. The van der Waals surface area contributed by atoms with Crippen molar-refractivity contribution in [2.45, 2.75) is 24.7 Å². The van der Waals surface area contributed by atoms with Crippen molar-refractivity contribution in [1.29, 1.82) is 0 Å². The van der Waals surface area contributed by atoms with Crippen molar-refractivity contribution in [3.8, 4) is 0 Å². The molecule has 0 saturated heterocycles. The number of nitrogens with zero attached hydrogens (tertiary/aromatic N) is 1. The first-order valence-electron chi connectivity index (χ1n) is 8.08. The molecule has 0 heterocycles. The molecule has 0 saturated carbocycles. The molecule has 0 fully saturated rings. The van der Waals surface area contributed by atoms with Gasteiger partial charge in [0.1, 0.15) is 0 Å². The maximum atomic E-state index is 12.5. The smallest absolute Gasteiger partial charge is 0.255 e. The van der Waals surface area contributed by atoms with Gasteiger partial charge in [-0.3, -0.25) is 4.79 Å². The molecule has 2 rings (SSSR count). The summed E-state index contributed by atoms with van der Waals surface area (Å²) in [5.41, 5.74) is 0.791. The highest BCUT2D eigenvalue weighted by molar-refractivity contribution is 7.89. The maximum Gasteiger partial charge on any atom is 0.255 e. The van der Waals surface area contributed by atoms with Gasteiger partial charge < -0.3 is 5.32 Å². The van der Waals surface area contributed by atoms with Crippen LogP contribution in [0.4, 0.5) is 5.69 Å². The third-order valence-corrected chi connectivity index (χ3v) is 6.08. The van der Waals surface area contributed by atoms with Gasteiger partial charge in [-0.1, -0.05) is 36.5 Å². The first-order valence-corrected chi connectivity index (χ1v) is 10.3. The number of nitrogens with one attached hydrogen (secondary N) is 1. The van der Waals surface area contributed by atoms with Crippen LogP contribution in [0.1, 0.15) is 30.1 Å². The predicted octanol–water partition coefficient (Wildman–Crippen LogP) is 4.67. The van der Waals surface area contributed by atoms with E-state index in [4.69, 9.17) is 23.2 Å². The van der Waals surface area contributed by atoms with Crippen molar-refractivity contribution in [2.75, 3.05) is 18.9 Å². The van der Waals surface area contributed by atoms with Crippen LogP contribution in [0, 0.1) is 0 Å². The van der Waals surface area contributed by atoms with Crippen molar-refractivity contribution in [2.24, 2.45) is 0 Å². The molecule has 1 amide bonds. The lowest BCUT2D eigenvalue weighted by atomic mass is 10.2. The molecule has 140 valence electrons. The normalized spacial score (nSPS) is 11.6. The van der Waals surface area contributed by atoms with Gasteiger partial charge in [0.15, 0.2) is 0 Å². The number of hydrogen-bond acceptors (Lipinski definition) is 3. The lowest BCUT2D eigenvalue weighted by Crippen LogP contribution is -2.28. The topological polar surface area (TPSA) is 66.5 Å². The fourth-order valence-corrected chi connectivity index (χ4v) is 4.02. The summed E-state index contributed by atoms with van der Waals surface area (Å²) < 4.78 is 26.3. The molecule has 0 bridgehead atoms. The van der Waals surface area contributed by atoms with E-state index in [9.17, 15) is 13.2 Å². The van der Waals surface area contributed by atoms with Crippen LogP contribution in [-0.4, -0.2) is 32.2 Å². The lowest BCUT2D eigenvalue weighted by molar-refractivity contribution is 0.102. The minimum Gasteiger partial charge on any atom is -0.322 e.